The Balaban J connectivity index is 1.54. The van der Waals surface area contributed by atoms with E-state index < -0.39 is 53.2 Å². The molecule has 0 aromatic heterocycles. The van der Waals surface area contributed by atoms with Crippen LogP contribution < -0.4 is 10.6 Å². The standard InChI is InChI=1S/C36H46N2O8/c1-23-16-17-26-20-27(39)21-29(33(26)42)37-31(40)22-28(45-3)14-10-5-4-6-11-15-30(24(2)32(23)41)46-35(44)36(18-19-36)38-34(43)25-12-8-7-9-13-25/h4-6,10-11,14,16,20-21,24-25,28,30,32,41H,7-9,12-13,15,17-19,22H2,1-3H3,(H,37,40)(H,38,43)/b5-4+,11-6+,14-10+,23-16-/t24-,28-,30-,32-/m0/s1. The second-order valence-electron chi connectivity index (χ2n) is 12.7. The van der Waals surface area contributed by atoms with Gasteiger partial charge < -0.3 is 25.2 Å². The van der Waals surface area contributed by atoms with Crippen LogP contribution >= 0.6 is 0 Å². The van der Waals surface area contributed by atoms with Crippen molar-refractivity contribution in [3.8, 4) is 0 Å². The second-order valence-corrected chi connectivity index (χ2v) is 12.7. The Labute approximate surface area is 270 Å². The minimum absolute atomic E-state index is 0.0578. The summed E-state index contributed by atoms with van der Waals surface area (Å²) in [6.07, 6.45) is 18.4. The van der Waals surface area contributed by atoms with Crippen molar-refractivity contribution >= 4 is 29.4 Å². The van der Waals surface area contributed by atoms with E-state index in [0.717, 1.165) is 38.2 Å². The maximum Gasteiger partial charge on any atom is 0.332 e. The molecule has 10 heteroatoms. The first-order valence-corrected chi connectivity index (χ1v) is 16.2. The van der Waals surface area contributed by atoms with Crippen LogP contribution in [0.15, 0.2) is 71.5 Å². The van der Waals surface area contributed by atoms with Crippen molar-refractivity contribution < 1.29 is 38.6 Å². The van der Waals surface area contributed by atoms with Gasteiger partial charge in [-0.3, -0.25) is 19.2 Å². The van der Waals surface area contributed by atoms with Crippen molar-refractivity contribution in [3.63, 3.8) is 0 Å². The molecule has 4 rings (SSSR count). The molecule has 2 fully saturated rings. The molecule has 1 heterocycles. The predicted octanol–water partition coefficient (Wildman–Crippen LogP) is 4.02. The van der Waals surface area contributed by atoms with E-state index in [1.165, 1.54) is 13.2 Å². The van der Waals surface area contributed by atoms with E-state index in [4.69, 9.17) is 9.47 Å². The summed E-state index contributed by atoms with van der Waals surface area (Å²) in [6, 6.07) is 0. The van der Waals surface area contributed by atoms with Crippen molar-refractivity contribution in [1.29, 1.82) is 0 Å². The first kappa shape index (κ1) is 35.0. The van der Waals surface area contributed by atoms with E-state index in [9.17, 15) is 29.1 Å². The number of aliphatic hydroxyl groups excluding tert-OH is 1. The molecular formula is C36H46N2O8. The van der Waals surface area contributed by atoms with Crippen LogP contribution in [0.4, 0.5) is 0 Å². The van der Waals surface area contributed by atoms with Crippen LogP contribution in [0.25, 0.3) is 0 Å². The van der Waals surface area contributed by atoms with Gasteiger partial charge in [-0.25, -0.2) is 4.79 Å². The van der Waals surface area contributed by atoms with Crippen molar-refractivity contribution in [2.75, 3.05) is 7.11 Å². The monoisotopic (exact) mass is 634 g/mol. The predicted molar refractivity (Wildman–Crippen MR) is 172 cm³/mol. The molecule has 0 radical (unpaired) electrons. The molecule has 4 atom stereocenters. The molecule has 1 aliphatic heterocycles. The van der Waals surface area contributed by atoms with Gasteiger partial charge in [-0.15, -0.1) is 0 Å². The summed E-state index contributed by atoms with van der Waals surface area (Å²) in [5.74, 6) is -2.59. The molecule has 248 valence electrons. The number of rotatable bonds is 5. The zero-order chi connectivity index (χ0) is 33.3. The Kier molecular flexibility index (Phi) is 12.2. The Morgan fingerprint density at radius 3 is 2.43 bits per heavy atom. The number of esters is 1. The van der Waals surface area contributed by atoms with E-state index >= 15 is 0 Å². The molecule has 2 saturated carbocycles. The number of amides is 2. The number of carbonyl (C=O) groups is 5. The van der Waals surface area contributed by atoms with Crippen LogP contribution in [0, 0.1) is 11.8 Å². The van der Waals surface area contributed by atoms with E-state index in [1.807, 2.05) is 6.08 Å². The van der Waals surface area contributed by atoms with E-state index in [2.05, 4.69) is 10.6 Å². The Morgan fingerprint density at radius 2 is 1.74 bits per heavy atom. The largest absolute Gasteiger partial charge is 0.460 e. The quantitative estimate of drug-likeness (QED) is 0.233. The van der Waals surface area contributed by atoms with Gasteiger partial charge in [0.2, 0.25) is 17.6 Å². The van der Waals surface area contributed by atoms with E-state index in [1.54, 1.807) is 50.3 Å². The van der Waals surface area contributed by atoms with Gasteiger partial charge >= 0.3 is 5.97 Å². The third-order valence-electron chi connectivity index (χ3n) is 9.20. The average Bonchev–Trinajstić information content (AvgIpc) is 3.83. The number of Topliss-reactive ketones (excluding diaryl/α,β-unsaturated/α-hetero) is 1. The molecule has 2 amide bonds. The fourth-order valence-electron chi connectivity index (χ4n) is 5.96. The summed E-state index contributed by atoms with van der Waals surface area (Å²) >= 11 is 0. The molecule has 2 bridgehead atoms. The molecule has 10 nitrogen and oxygen atoms in total. The molecule has 3 aliphatic carbocycles. The van der Waals surface area contributed by atoms with Gasteiger partial charge in [0.15, 0.2) is 5.78 Å². The number of methoxy groups -OCH3 is 1. The van der Waals surface area contributed by atoms with Gasteiger partial charge in [0.25, 0.3) is 0 Å². The number of hydrogen-bond acceptors (Lipinski definition) is 8. The minimum atomic E-state index is -1.03. The lowest BCUT2D eigenvalue weighted by atomic mass is 9.88. The van der Waals surface area contributed by atoms with Crippen LogP contribution in [-0.2, 0) is 33.4 Å². The lowest BCUT2D eigenvalue weighted by molar-refractivity contribution is -0.158. The molecule has 0 unspecified atom stereocenters. The van der Waals surface area contributed by atoms with Crippen LogP contribution in [0.1, 0.15) is 78.1 Å². The van der Waals surface area contributed by atoms with Crippen LogP contribution in [0.3, 0.4) is 0 Å². The molecule has 0 aromatic rings. The van der Waals surface area contributed by atoms with Crippen LogP contribution in [0.2, 0.25) is 0 Å². The highest BCUT2D eigenvalue weighted by Gasteiger charge is 2.54. The number of aliphatic hydroxyl groups is 1. The molecular weight excluding hydrogens is 588 g/mol. The SMILES string of the molecule is CO[C@H]1/C=C/C=C/C=C/C[C@H](OC(=O)C2(NC(=O)C3CCCCC3)CC2)[C@H](C)[C@@H](O)/C(C)=C\CC2=CC(=O)C=C(NC(=O)C1)C2=O. The van der Waals surface area contributed by atoms with E-state index in [-0.39, 0.29) is 35.9 Å². The van der Waals surface area contributed by atoms with Crippen LogP contribution in [0.5, 0.6) is 0 Å². The number of fused-ring (bicyclic) bond motifs is 2. The second kappa shape index (κ2) is 16.1. The Morgan fingerprint density at radius 1 is 1.02 bits per heavy atom. The molecule has 4 aliphatic rings. The number of carbonyl (C=O) groups excluding carboxylic acids is 5. The Hall–Kier alpha value is -3.89. The zero-order valence-corrected chi connectivity index (χ0v) is 27.0. The van der Waals surface area contributed by atoms with Gasteiger partial charge in [0.1, 0.15) is 11.6 Å². The van der Waals surface area contributed by atoms with Crippen LogP contribution in [-0.4, -0.2) is 65.4 Å². The van der Waals surface area contributed by atoms with Crippen molar-refractivity contribution in [3.05, 3.63) is 71.5 Å². The fourth-order valence-corrected chi connectivity index (χ4v) is 5.96. The Bertz CT molecular complexity index is 1370. The number of ether oxygens (including phenoxy) is 2. The lowest BCUT2D eigenvalue weighted by Crippen LogP contribution is -2.48. The van der Waals surface area contributed by atoms with E-state index in [0.29, 0.717) is 24.8 Å². The maximum absolute atomic E-state index is 13.5. The summed E-state index contributed by atoms with van der Waals surface area (Å²) in [6.45, 7) is 3.50. The third kappa shape index (κ3) is 9.33. The summed E-state index contributed by atoms with van der Waals surface area (Å²) in [7, 11) is 1.47. The van der Waals surface area contributed by atoms with Gasteiger partial charge in [0.05, 0.1) is 24.3 Å². The van der Waals surface area contributed by atoms with Crippen molar-refractivity contribution in [1.82, 2.24) is 10.6 Å². The summed E-state index contributed by atoms with van der Waals surface area (Å²) in [5, 5.41) is 16.8. The fraction of sp³-hybridized carbons (Fsp3) is 0.528. The number of ketones is 2. The number of allylic oxidation sites excluding steroid dienone is 8. The third-order valence-corrected chi connectivity index (χ3v) is 9.20. The highest BCUT2D eigenvalue weighted by Crippen LogP contribution is 2.39. The van der Waals surface area contributed by atoms with Gasteiger partial charge in [-0.2, -0.15) is 0 Å². The highest BCUT2D eigenvalue weighted by atomic mass is 16.5. The first-order chi connectivity index (χ1) is 22.0. The molecule has 46 heavy (non-hydrogen) atoms. The smallest absolute Gasteiger partial charge is 0.332 e. The molecule has 0 saturated heterocycles. The molecule has 0 spiro atoms. The summed E-state index contributed by atoms with van der Waals surface area (Å²) in [5.41, 5.74) is -0.420. The molecule has 3 N–H and O–H groups in total. The first-order valence-electron chi connectivity index (χ1n) is 16.2. The van der Waals surface area contributed by atoms with Crippen molar-refractivity contribution in [2.24, 2.45) is 11.8 Å². The van der Waals surface area contributed by atoms with Crippen molar-refractivity contribution in [2.45, 2.75) is 102 Å². The topological polar surface area (TPSA) is 148 Å². The van der Waals surface area contributed by atoms with Gasteiger partial charge in [-0.1, -0.05) is 68.7 Å². The number of hydrogen-bond donors (Lipinski definition) is 3. The highest BCUT2D eigenvalue weighted by molar-refractivity contribution is 6.21. The number of nitrogens with one attached hydrogen (secondary N) is 2. The zero-order valence-electron chi connectivity index (χ0n) is 27.0. The maximum atomic E-state index is 13.5. The lowest BCUT2D eigenvalue weighted by Gasteiger charge is -2.30. The van der Waals surface area contributed by atoms with Gasteiger partial charge in [-0.05, 0) is 50.7 Å². The molecule has 0 aromatic carbocycles. The average molecular weight is 635 g/mol. The normalized spacial score (nSPS) is 31.1. The minimum Gasteiger partial charge on any atom is -0.460 e. The summed E-state index contributed by atoms with van der Waals surface area (Å²) in [4.78, 5) is 64.6. The summed E-state index contributed by atoms with van der Waals surface area (Å²) < 4.78 is 11.4. The van der Waals surface area contributed by atoms with Gasteiger partial charge in [0, 0.05) is 37.0 Å².